The van der Waals surface area contributed by atoms with E-state index in [1.807, 2.05) is 0 Å². The Bertz CT molecular complexity index is 464. The first-order valence-electron chi connectivity index (χ1n) is 3.88. The molecule has 1 atom stereocenters. The fraction of sp³-hybridized carbons (Fsp3) is 0.125. The molecule has 0 saturated carbocycles. The van der Waals surface area contributed by atoms with Gasteiger partial charge in [-0.2, -0.15) is 4.39 Å². The minimum atomic E-state index is -1.93. The van der Waals surface area contributed by atoms with Crippen molar-refractivity contribution in [2.75, 3.05) is 0 Å². The van der Waals surface area contributed by atoms with Crippen LogP contribution >= 0.6 is 15.9 Å². The molecule has 0 amide bonds. The quantitative estimate of drug-likeness (QED) is 0.651. The standard InChI is InChI=1S/C8H5BrFNO5/c9-4-1-3(7(12)8(13)14)2-5(6(4)10)11(15)16/h1-2,7,12H,(H,13,14). The highest BCUT2D eigenvalue weighted by Crippen LogP contribution is 2.29. The van der Waals surface area contributed by atoms with Gasteiger partial charge in [-0.15, -0.1) is 0 Å². The second-order valence-corrected chi connectivity index (χ2v) is 3.69. The number of nitrogens with zero attached hydrogens (tertiary/aromatic N) is 1. The van der Waals surface area contributed by atoms with Crippen molar-refractivity contribution in [2.24, 2.45) is 0 Å². The first-order chi connectivity index (χ1) is 7.34. The molecule has 0 spiro atoms. The number of rotatable bonds is 3. The average Bonchev–Trinajstić information content (AvgIpc) is 2.20. The monoisotopic (exact) mass is 293 g/mol. The van der Waals surface area contributed by atoms with Gasteiger partial charge in [0, 0.05) is 6.07 Å². The molecule has 1 aromatic rings. The summed E-state index contributed by atoms with van der Waals surface area (Å²) in [5.74, 6) is -2.70. The zero-order valence-corrected chi connectivity index (χ0v) is 9.14. The molecule has 0 heterocycles. The maximum absolute atomic E-state index is 13.2. The Labute approximate surface area is 96.6 Å². The molecule has 2 N–H and O–H groups in total. The molecule has 1 rings (SSSR count). The summed E-state index contributed by atoms with van der Waals surface area (Å²) in [7, 11) is 0. The van der Waals surface area contributed by atoms with Crippen molar-refractivity contribution in [3.05, 3.63) is 38.1 Å². The van der Waals surface area contributed by atoms with E-state index in [0.29, 0.717) is 6.07 Å². The van der Waals surface area contributed by atoms with Crippen LogP contribution in [0.15, 0.2) is 16.6 Å². The number of hydrogen-bond acceptors (Lipinski definition) is 4. The van der Waals surface area contributed by atoms with E-state index in [0.717, 1.165) is 6.07 Å². The van der Waals surface area contributed by atoms with Crippen LogP contribution in [-0.2, 0) is 4.79 Å². The maximum Gasteiger partial charge on any atom is 0.337 e. The molecule has 8 heteroatoms. The molecule has 0 saturated heterocycles. The first-order valence-corrected chi connectivity index (χ1v) is 4.68. The second kappa shape index (κ2) is 4.54. The van der Waals surface area contributed by atoms with Crippen LogP contribution in [0.5, 0.6) is 0 Å². The van der Waals surface area contributed by atoms with E-state index >= 15 is 0 Å². The van der Waals surface area contributed by atoms with Crippen LogP contribution in [0.1, 0.15) is 11.7 Å². The molecule has 0 aliphatic carbocycles. The van der Waals surface area contributed by atoms with Crippen LogP contribution in [-0.4, -0.2) is 21.1 Å². The molecule has 0 fully saturated rings. The smallest absolute Gasteiger partial charge is 0.337 e. The number of benzene rings is 1. The predicted molar refractivity (Wildman–Crippen MR) is 53.4 cm³/mol. The third-order valence-electron chi connectivity index (χ3n) is 1.78. The van der Waals surface area contributed by atoms with E-state index in [4.69, 9.17) is 10.2 Å². The SMILES string of the molecule is O=C(O)C(O)c1cc(Br)c(F)c([N+](=O)[O-])c1. The van der Waals surface area contributed by atoms with Crippen molar-refractivity contribution in [3.8, 4) is 0 Å². The summed E-state index contributed by atoms with van der Waals surface area (Å²) in [4.78, 5) is 19.9. The number of halogens is 2. The fourth-order valence-electron chi connectivity index (χ4n) is 1.03. The number of aliphatic carboxylic acids is 1. The van der Waals surface area contributed by atoms with E-state index in [1.165, 1.54) is 0 Å². The van der Waals surface area contributed by atoms with Gasteiger partial charge in [0.05, 0.1) is 9.40 Å². The Morgan fingerprint density at radius 1 is 1.56 bits per heavy atom. The lowest BCUT2D eigenvalue weighted by atomic mass is 10.1. The van der Waals surface area contributed by atoms with E-state index in [-0.39, 0.29) is 10.0 Å². The number of carboxylic acid groups (broad SMARTS) is 1. The van der Waals surface area contributed by atoms with Crippen molar-refractivity contribution in [2.45, 2.75) is 6.10 Å². The summed E-state index contributed by atoms with van der Waals surface area (Å²) in [5.41, 5.74) is -1.17. The molecule has 0 aliphatic heterocycles. The number of carbonyl (C=O) groups is 1. The number of nitro groups is 1. The molecule has 1 unspecified atom stereocenters. The molecular formula is C8H5BrFNO5. The molecule has 0 aromatic heterocycles. The zero-order valence-electron chi connectivity index (χ0n) is 7.55. The molecule has 0 aliphatic rings. The topological polar surface area (TPSA) is 101 Å². The molecule has 0 bridgehead atoms. The molecular weight excluding hydrogens is 289 g/mol. The summed E-state index contributed by atoms with van der Waals surface area (Å²) < 4.78 is 12.9. The Hall–Kier alpha value is -1.54. The van der Waals surface area contributed by atoms with Gasteiger partial charge in [0.2, 0.25) is 5.82 Å². The average molecular weight is 294 g/mol. The van der Waals surface area contributed by atoms with Crippen LogP contribution in [0.4, 0.5) is 10.1 Å². The number of carboxylic acids is 1. The van der Waals surface area contributed by atoms with Gasteiger partial charge < -0.3 is 10.2 Å². The highest BCUT2D eigenvalue weighted by atomic mass is 79.9. The first kappa shape index (κ1) is 12.5. The molecule has 0 radical (unpaired) electrons. The molecule has 6 nitrogen and oxygen atoms in total. The van der Waals surface area contributed by atoms with Gasteiger partial charge in [-0.25, -0.2) is 4.79 Å². The van der Waals surface area contributed by atoms with Gasteiger partial charge in [-0.1, -0.05) is 0 Å². The van der Waals surface area contributed by atoms with E-state index in [2.05, 4.69) is 15.9 Å². The van der Waals surface area contributed by atoms with Crippen molar-refractivity contribution >= 4 is 27.6 Å². The minimum absolute atomic E-state index is 0.271. The normalized spacial score (nSPS) is 12.2. The number of hydrogen-bond donors (Lipinski definition) is 2. The van der Waals surface area contributed by atoms with Gasteiger partial charge >= 0.3 is 11.7 Å². The van der Waals surface area contributed by atoms with Crippen LogP contribution in [0.2, 0.25) is 0 Å². The lowest BCUT2D eigenvalue weighted by molar-refractivity contribution is -0.387. The minimum Gasteiger partial charge on any atom is -0.479 e. The summed E-state index contributed by atoms with van der Waals surface area (Å²) >= 11 is 2.70. The highest BCUT2D eigenvalue weighted by molar-refractivity contribution is 9.10. The van der Waals surface area contributed by atoms with Gasteiger partial charge in [-0.3, -0.25) is 10.1 Å². The van der Waals surface area contributed by atoms with Crippen LogP contribution in [0.25, 0.3) is 0 Å². The highest BCUT2D eigenvalue weighted by Gasteiger charge is 2.24. The van der Waals surface area contributed by atoms with Gasteiger partial charge in [-0.05, 0) is 27.6 Å². The second-order valence-electron chi connectivity index (χ2n) is 2.83. The Morgan fingerprint density at radius 2 is 2.12 bits per heavy atom. The van der Waals surface area contributed by atoms with Gasteiger partial charge in [0.1, 0.15) is 0 Å². The van der Waals surface area contributed by atoms with Crippen molar-refractivity contribution in [3.63, 3.8) is 0 Å². The van der Waals surface area contributed by atoms with Gasteiger partial charge in [0.25, 0.3) is 0 Å². The largest absolute Gasteiger partial charge is 0.479 e. The maximum atomic E-state index is 13.2. The Kier molecular flexibility index (Phi) is 3.55. The lowest BCUT2D eigenvalue weighted by Gasteiger charge is -2.06. The zero-order chi connectivity index (χ0) is 12.5. The van der Waals surface area contributed by atoms with Crippen LogP contribution in [0.3, 0.4) is 0 Å². The van der Waals surface area contributed by atoms with E-state index < -0.39 is 28.5 Å². The third-order valence-corrected chi connectivity index (χ3v) is 2.35. The number of aliphatic hydroxyl groups is 1. The Balaban J connectivity index is 3.34. The van der Waals surface area contributed by atoms with Crippen LogP contribution in [0, 0.1) is 15.9 Å². The summed E-state index contributed by atoms with van der Waals surface area (Å²) in [6, 6.07) is 1.65. The van der Waals surface area contributed by atoms with E-state index in [9.17, 15) is 19.3 Å². The molecule has 16 heavy (non-hydrogen) atoms. The van der Waals surface area contributed by atoms with Crippen molar-refractivity contribution in [1.29, 1.82) is 0 Å². The predicted octanol–water partition coefficient (Wildman–Crippen LogP) is 1.61. The third kappa shape index (κ3) is 2.34. The van der Waals surface area contributed by atoms with E-state index in [1.54, 1.807) is 0 Å². The summed E-state index contributed by atoms with van der Waals surface area (Å²) in [6.07, 6.45) is -1.93. The van der Waals surface area contributed by atoms with Gasteiger partial charge in [0.15, 0.2) is 6.10 Å². The lowest BCUT2D eigenvalue weighted by Crippen LogP contribution is -2.11. The molecule has 1 aromatic carbocycles. The summed E-state index contributed by atoms with van der Waals surface area (Å²) in [5, 5.41) is 28.1. The number of aliphatic hydroxyl groups excluding tert-OH is 1. The number of nitro benzene ring substituents is 1. The van der Waals surface area contributed by atoms with Crippen molar-refractivity contribution in [1.82, 2.24) is 0 Å². The molecule has 86 valence electrons. The fourth-order valence-corrected chi connectivity index (χ4v) is 1.50. The Morgan fingerprint density at radius 3 is 2.56 bits per heavy atom. The van der Waals surface area contributed by atoms with Crippen LogP contribution < -0.4 is 0 Å². The van der Waals surface area contributed by atoms with Crippen molar-refractivity contribution < 1.29 is 24.3 Å². The summed E-state index contributed by atoms with van der Waals surface area (Å²) in [6.45, 7) is 0.